The summed E-state index contributed by atoms with van der Waals surface area (Å²) < 4.78 is 25.8. The number of amides is 2. The second-order valence-corrected chi connectivity index (χ2v) is 6.78. The van der Waals surface area contributed by atoms with Gasteiger partial charge in [-0.05, 0) is 25.0 Å². The maximum absolute atomic E-state index is 12.1. The van der Waals surface area contributed by atoms with E-state index in [0.717, 1.165) is 0 Å². The van der Waals surface area contributed by atoms with Gasteiger partial charge >= 0.3 is 0 Å². The summed E-state index contributed by atoms with van der Waals surface area (Å²) in [6.45, 7) is 0.330. The molecule has 1 aromatic rings. The van der Waals surface area contributed by atoms with E-state index in [2.05, 4.69) is 10.3 Å². The van der Waals surface area contributed by atoms with Gasteiger partial charge in [0.2, 0.25) is 5.91 Å². The number of carbonyl (C=O) groups excluding carboxylic acids is 2. The third-order valence-corrected chi connectivity index (χ3v) is 4.75. The van der Waals surface area contributed by atoms with E-state index in [1.54, 1.807) is 0 Å². The van der Waals surface area contributed by atoms with Crippen LogP contribution in [-0.4, -0.2) is 38.8 Å². The predicted octanol–water partition coefficient (Wildman–Crippen LogP) is -1.56. The Bertz CT molecular complexity index is 801. The highest BCUT2D eigenvalue weighted by Crippen LogP contribution is 2.30. The van der Waals surface area contributed by atoms with Crippen molar-refractivity contribution in [1.82, 2.24) is 4.72 Å². The van der Waals surface area contributed by atoms with Crippen LogP contribution in [0.25, 0.3) is 0 Å². The number of aliphatic imine (C=N–C) groups is 1. The van der Waals surface area contributed by atoms with Crippen LogP contribution in [0.1, 0.15) is 23.2 Å². The molecule has 0 saturated heterocycles. The van der Waals surface area contributed by atoms with Gasteiger partial charge in [-0.15, -0.1) is 0 Å². The molecule has 1 aliphatic heterocycles. The molecule has 0 bridgehead atoms. The highest BCUT2D eigenvalue weighted by molar-refractivity contribution is 7.90. The minimum absolute atomic E-state index is 0.00974. The average molecular weight is 354 g/mol. The fraction of sp³-hybridized carbons (Fsp3) is 0.308. The van der Waals surface area contributed by atoms with Gasteiger partial charge < -0.3 is 22.5 Å². The zero-order valence-corrected chi connectivity index (χ0v) is 13.5. The summed E-state index contributed by atoms with van der Waals surface area (Å²) in [6, 6.07) is 3.35. The number of nitrogens with two attached hydrogens (primary N) is 3. The fourth-order valence-corrected chi connectivity index (χ4v) is 3.52. The van der Waals surface area contributed by atoms with Crippen LogP contribution in [0.3, 0.4) is 0 Å². The van der Waals surface area contributed by atoms with Crippen LogP contribution >= 0.6 is 0 Å². The average Bonchev–Trinajstić information content (AvgIpc) is 2.73. The third kappa shape index (κ3) is 3.81. The summed E-state index contributed by atoms with van der Waals surface area (Å²) in [4.78, 5) is 27.3. The van der Waals surface area contributed by atoms with Crippen LogP contribution in [0, 0.1) is 0 Å². The normalized spacial score (nSPS) is 16.0. The molecule has 1 aliphatic rings. The van der Waals surface area contributed by atoms with E-state index in [1.807, 2.05) is 4.72 Å². The van der Waals surface area contributed by atoms with Crippen LogP contribution in [0.15, 0.2) is 28.1 Å². The van der Waals surface area contributed by atoms with Crippen molar-refractivity contribution in [2.45, 2.75) is 23.8 Å². The summed E-state index contributed by atoms with van der Waals surface area (Å²) in [5, 5.41) is 2.45. The Morgan fingerprint density at radius 1 is 1.33 bits per heavy atom. The van der Waals surface area contributed by atoms with E-state index in [9.17, 15) is 18.0 Å². The van der Waals surface area contributed by atoms with E-state index in [-0.39, 0.29) is 22.1 Å². The van der Waals surface area contributed by atoms with Gasteiger partial charge in [0.15, 0.2) is 5.96 Å². The van der Waals surface area contributed by atoms with Gasteiger partial charge in [-0.25, -0.2) is 13.1 Å². The molecule has 0 saturated carbocycles. The minimum atomic E-state index is -3.99. The number of guanidine groups is 1. The molecule has 1 heterocycles. The van der Waals surface area contributed by atoms with Crippen LogP contribution in [-0.2, 0) is 14.8 Å². The highest BCUT2D eigenvalue weighted by atomic mass is 32.2. The van der Waals surface area contributed by atoms with Gasteiger partial charge in [0.25, 0.3) is 15.9 Å². The van der Waals surface area contributed by atoms with Gasteiger partial charge in [-0.1, -0.05) is 6.07 Å². The Morgan fingerprint density at radius 3 is 2.71 bits per heavy atom. The number of benzene rings is 1. The molecular weight excluding hydrogens is 336 g/mol. The van der Waals surface area contributed by atoms with E-state index < -0.39 is 27.9 Å². The summed E-state index contributed by atoms with van der Waals surface area (Å²) >= 11 is 0. The first-order valence-corrected chi connectivity index (χ1v) is 8.52. The van der Waals surface area contributed by atoms with Crippen molar-refractivity contribution in [3.05, 3.63) is 23.8 Å². The molecule has 0 unspecified atom stereocenters. The monoisotopic (exact) mass is 354 g/mol. The maximum Gasteiger partial charge on any atom is 0.267 e. The Hall–Kier alpha value is -2.66. The molecule has 11 heteroatoms. The lowest BCUT2D eigenvalue weighted by Crippen LogP contribution is -2.36. The number of nitrogens with one attached hydrogen (secondary N) is 2. The lowest BCUT2D eigenvalue weighted by Gasteiger charge is -2.13. The lowest BCUT2D eigenvalue weighted by molar-refractivity contribution is -0.117. The van der Waals surface area contributed by atoms with Gasteiger partial charge in [-0.2, -0.15) is 0 Å². The smallest absolute Gasteiger partial charge is 0.267 e. The Morgan fingerprint density at radius 2 is 2.04 bits per heavy atom. The van der Waals surface area contributed by atoms with Crippen LogP contribution < -0.4 is 27.2 Å². The number of hydrogen-bond acceptors (Lipinski definition) is 6. The van der Waals surface area contributed by atoms with Crippen LogP contribution in [0.2, 0.25) is 0 Å². The standard InChI is InChI=1S/C13H18N6O4S/c14-8(4-2-6-17-13(15)16)12(21)18-9-5-1-3-7-10(9)24(22,23)19-11(7)20/h1,3,5,8H,2,4,6,14H2,(H,18,21)(H,19,20)(H4,15,16,17)/t8-/m0/s1. The maximum atomic E-state index is 12.1. The number of carbonyl (C=O) groups is 2. The fourth-order valence-electron chi connectivity index (χ4n) is 2.21. The molecule has 0 aliphatic carbocycles. The second kappa shape index (κ2) is 6.84. The van der Waals surface area contributed by atoms with E-state index in [1.165, 1.54) is 18.2 Å². The molecule has 1 aromatic carbocycles. The van der Waals surface area contributed by atoms with Crippen molar-refractivity contribution in [1.29, 1.82) is 0 Å². The molecule has 8 N–H and O–H groups in total. The van der Waals surface area contributed by atoms with Crippen molar-refractivity contribution in [3.63, 3.8) is 0 Å². The first kappa shape index (κ1) is 17.7. The Balaban J connectivity index is 2.08. The minimum Gasteiger partial charge on any atom is -0.370 e. The first-order chi connectivity index (χ1) is 11.2. The lowest BCUT2D eigenvalue weighted by atomic mass is 10.1. The number of anilines is 1. The zero-order valence-electron chi connectivity index (χ0n) is 12.7. The molecule has 1 atom stereocenters. The topological polar surface area (TPSA) is 183 Å². The highest BCUT2D eigenvalue weighted by Gasteiger charge is 2.35. The van der Waals surface area contributed by atoms with Crippen molar-refractivity contribution >= 4 is 33.5 Å². The molecule has 2 rings (SSSR count). The van der Waals surface area contributed by atoms with Gasteiger partial charge in [0.1, 0.15) is 4.90 Å². The predicted molar refractivity (Wildman–Crippen MR) is 87.6 cm³/mol. The number of sulfonamides is 1. The molecule has 130 valence electrons. The first-order valence-electron chi connectivity index (χ1n) is 7.04. The van der Waals surface area contributed by atoms with E-state index >= 15 is 0 Å². The quantitative estimate of drug-likeness (QED) is 0.232. The molecule has 2 amide bonds. The van der Waals surface area contributed by atoms with Gasteiger partial charge in [0.05, 0.1) is 17.3 Å². The third-order valence-electron chi connectivity index (χ3n) is 3.32. The molecule has 0 fully saturated rings. The summed E-state index contributed by atoms with van der Waals surface area (Å²) in [6.07, 6.45) is 0.791. The molecule has 0 aromatic heterocycles. The molecular formula is C13H18N6O4S. The number of fused-ring (bicyclic) bond motifs is 1. The molecule has 10 nitrogen and oxygen atoms in total. The zero-order chi connectivity index (χ0) is 17.9. The van der Waals surface area contributed by atoms with Crippen molar-refractivity contribution < 1.29 is 18.0 Å². The number of rotatable bonds is 6. The van der Waals surface area contributed by atoms with E-state index in [0.29, 0.717) is 19.4 Å². The molecule has 24 heavy (non-hydrogen) atoms. The van der Waals surface area contributed by atoms with Gasteiger partial charge in [-0.3, -0.25) is 14.6 Å². The van der Waals surface area contributed by atoms with Crippen molar-refractivity contribution in [3.8, 4) is 0 Å². The van der Waals surface area contributed by atoms with Crippen LogP contribution in [0.5, 0.6) is 0 Å². The number of nitrogens with zero attached hydrogens (tertiary/aromatic N) is 1. The van der Waals surface area contributed by atoms with Crippen molar-refractivity contribution in [2.24, 2.45) is 22.2 Å². The number of hydrogen-bond donors (Lipinski definition) is 5. The van der Waals surface area contributed by atoms with Crippen LogP contribution in [0.4, 0.5) is 5.69 Å². The second-order valence-electron chi connectivity index (χ2n) is 5.16. The summed E-state index contributed by atoms with van der Waals surface area (Å²) in [5.41, 5.74) is 16.1. The summed E-state index contributed by atoms with van der Waals surface area (Å²) in [7, 11) is -3.99. The molecule has 0 radical (unpaired) electrons. The van der Waals surface area contributed by atoms with Crippen molar-refractivity contribution in [2.75, 3.05) is 11.9 Å². The Labute approximate surface area is 138 Å². The summed E-state index contributed by atoms with van der Waals surface area (Å²) in [5.74, 6) is -1.35. The SMILES string of the molecule is NC(N)=NCCC[C@H](N)C(=O)Nc1cccc2c1S(=O)(=O)NC2=O. The molecule has 0 spiro atoms. The largest absolute Gasteiger partial charge is 0.370 e. The Kier molecular flexibility index (Phi) is 5.04. The van der Waals surface area contributed by atoms with E-state index in [4.69, 9.17) is 17.2 Å². The van der Waals surface area contributed by atoms with Gasteiger partial charge in [0, 0.05) is 6.54 Å².